The van der Waals surface area contributed by atoms with E-state index in [4.69, 9.17) is 11.0 Å². The van der Waals surface area contributed by atoms with Gasteiger partial charge in [-0.05, 0) is 6.07 Å². The normalized spacial score (nSPS) is 10.8. The molecule has 0 amide bonds. The highest BCUT2D eigenvalue weighted by Gasteiger charge is 2.26. The van der Waals surface area contributed by atoms with Crippen LogP contribution in [0.1, 0.15) is 5.69 Å². The van der Waals surface area contributed by atoms with E-state index in [1.165, 1.54) is 12.3 Å². The molecule has 0 aliphatic heterocycles. The van der Waals surface area contributed by atoms with Gasteiger partial charge < -0.3 is 11.1 Å². The van der Waals surface area contributed by atoms with Crippen LogP contribution in [0.2, 0.25) is 0 Å². The standard InChI is InChI=1S/C8H9F2N5/c9-8(10,4-12)5-14-7-13-2-1-6(3-11)15-7/h1-2H,4-5,12H2,(H,13,14,15). The van der Waals surface area contributed by atoms with Crippen LogP contribution in [0.5, 0.6) is 0 Å². The number of nitriles is 1. The van der Waals surface area contributed by atoms with E-state index in [-0.39, 0.29) is 11.6 Å². The lowest BCUT2D eigenvalue weighted by molar-refractivity contribution is 0.0252. The summed E-state index contributed by atoms with van der Waals surface area (Å²) >= 11 is 0. The molecule has 0 saturated carbocycles. The van der Waals surface area contributed by atoms with Crippen molar-refractivity contribution in [3.63, 3.8) is 0 Å². The first-order chi connectivity index (χ1) is 7.07. The van der Waals surface area contributed by atoms with Crippen LogP contribution in [-0.4, -0.2) is 29.0 Å². The predicted octanol–water partition coefficient (Wildman–Crippen LogP) is 0.354. The van der Waals surface area contributed by atoms with E-state index in [9.17, 15) is 8.78 Å². The topological polar surface area (TPSA) is 87.6 Å². The van der Waals surface area contributed by atoms with Gasteiger partial charge in [0.15, 0.2) is 0 Å². The van der Waals surface area contributed by atoms with E-state index < -0.39 is 19.0 Å². The smallest absolute Gasteiger partial charge is 0.277 e. The van der Waals surface area contributed by atoms with Gasteiger partial charge in [0.2, 0.25) is 5.95 Å². The number of nitrogens with two attached hydrogens (primary N) is 1. The number of nitrogens with one attached hydrogen (secondary N) is 1. The predicted molar refractivity (Wildman–Crippen MR) is 49.2 cm³/mol. The van der Waals surface area contributed by atoms with E-state index in [1.807, 2.05) is 0 Å². The maximum Gasteiger partial charge on any atom is 0.277 e. The van der Waals surface area contributed by atoms with Crippen molar-refractivity contribution in [2.24, 2.45) is 5.73 Å². The summed E-state index contributed by atoms with van der Waals surface area (Å²) < 4.78 is 25.4. The molecule has 0 unspecified atom stereocenters. The first-order valence-corrected chi connectivity index (χ1v) is 4.12. The lowest BCUT2D eigenvalue weighted by atomic mass is 10.3. The third-order valence-electron chi connectivity index (χ3n) is 1.57. The Kier molecular flexibility index (Phi) is 3.46. The van der Waals surface area contributed by atoms with Crippen molar-refractivity contribution < 1.29 is 8.78 Å². The summed E-state index contributed by atoms with van der Waals surface area (Å²) in [5.41, 5.74) is 4.96. The van der Waals surface area contributed by atoms with Crippen LogP contribution in [-0.2, 0) is 0 Å². The fourth-order valence-electron chi connectivity index (χ4n) is 0.787. The van der Waals surface area contributed by atoms with Crippen LogP contribution < -0.4 is 11.1 Å². The van der Waals surface area contributed by atoms with Crippen molar-refractivity contribution in [3.8, 4) is 6.07 Å². The molecule has 3 N–H and O–H groups in total. The quantitative estimate of drug-likeness (QED) is 0.753. The molecule has 7 heteroatoms. The van der Waals surface area contributed by atoms with Crippen molar-refractivity contribution >= 4 is 5.95 Å². The Morgan fingerprint density at radius 1 is 1.60 bits per heavy atom. The summed E-state index contributed by atoms with van der Waals surface area (Å²) in [6, 6.07) is 3.16. The molecule has 1 heterocycles. The van der Waals surface area contributed by atoms with Gasteiger partial charge in [0, 0.05) is 6.20 Å². The second kappa shape index (κ2) is 4.61. The van der Waals surface area contributed by atoms with Gasteiger partial charge in [-0.15, -0.1) is 0 Å². The number of halogens is 2. The van der Waals surface area contributed by atoms with Gasteiger partial charge in [0.25, 0.3) is 5.92 Å². The van der Waals surface area contributed by atoms with E-state index >= 15 is 0 Å². The van der Waals surface area contributed by atoms with E-state index in [2.05, 4.69) is 15.3 Å². The van der Waals surface area contributed by atoms with Crippen LogP contribution in [0.25, 0.3) is 0 Å². The summed E-state index contributed by atoms with van der Waals surface area (Å²) in [4.78, 5) is 7.35. The van der Waals surface area contributed by atoms with Crippen LogP contribution in [0.15, 0.2) is 12.3 Å². The average molecular weight is 213 g/mol. The zero-order valence-electron chi connectivity index (χ0n) is 7.74. The summed E-state index contributed by atoms with van der Waals surface area (Å²) in [7, 11) is 0. The Bertz CT molecular complexity index is 374. The number of hydrogen-bond donors (Lipinski definition) is 2. The highest BCUT2D eigenvalue weighted by Crippen LogP contribution is 2.11. The fraction of sp³-hybridized carbons (Fsp3) is 0.375. The maximum atomic E-state index is 12.7. The van der Waals surface area contributed by atoms with Gasteiger partial charge in [0.05, 0.1) is 13.1 Å². The van der Waals surface area contributed by atoms with Crippen LogP contribution in [0, 0.1) is 11.3 Å². The van der Waals surface area contributed by atoms with Crippen LogP contribution in [0.3, 0.4) is 0 Å². The molecule has 0 bridgehead atoms. The van der Waals surface area contributed by atoms with Gasteiger partial charge in [-0.2, -0.15) is 5.26 Å². The minimum atomic E-state index is -3.01. The summed E-state index contributed by atoms with van der Waals surface area (Å²) in [5.74, 6) is -3.02. The molecule has 0 aliphatic carbocycles. The van der Waals surface area contributed by atoms with Crippen molar-refractivity contribution in [2.75, 3.05) is 18.4 Å². The van der Waals surface area contributed by atoms with Crippen molar-refractivity contribution in [2.45, 2.75) is 5.92 Å². The van der Waals surface area contributed by atoms with Crippen LogP contribution in [0.4, 0.5) is 14.7 Å². The average Bonchev–Trinajstić information content (AvgIpc) is 2.27. The number of rotatable bonds is 4. The molecule has 5 nitrogen and oxygen atoms in total. The van der Waals surface area contributed by atoms with Crippen molar-refractivity contribution in [3.05, 3.63) is 18.0 Å². The highest BCUT2D eigenvalue weighted by atomic mass is 19.3. The molecule has 0 aliphatic rings. The SMILES string of the molecule is N#Cc1ccnc(NCC(F)(F)CN)n1. The number of nitrogens with zero attached hydrogens (tertiary/aromatic N) is 3. The molecule has 15 heavy (non-hydrogen) atoms. The number of anilines is 1. The Morgan fingerprint density at radius 3 is 2.93 bits per heavy atom. The number of alkyl halides is 2. The monoisotopic (exact) mass is 213 g/mol. The molecule has 0 saturated heterocycles. The lowest BCUT2D eigenvalue weighted by Gasteiger charge is -2.14. The van der Waals surface area contributed by atoms with Gasteiger partial charge in [0.1, 0.15) is 11.8 Å². The van der Waals surface area contributed by atoms with E-state index in [0.29, 0.717) is 0 Å². The third kappa shape index (κ3) is 3.44. The highest BCUT2D eigenvalue weighted by molar-refractivity contribution is 5.30. The van der Waals surface area contributed by atoms with Crippen molar-refractivity contribution in [1.29, 1.82) is 5.26 Å². The van der Waals surface area contributed by atoms with E-state index in [0.717, 1.165) is 0 Å². The second-order valence-corrected chi connectivity index (χ2v) is 2.79. The lowest BCUT2D eigenvalue weighted by Crippen LogP contribution is -2.35. The molecular weight excluding hydrogens is 204 g/mol. The van der Waals surface area contributed by atoms with Gasteiger partial charge in [-0.1, -0.05) is 0 Å². The largest absolute Gasteiger partial charge is 0.348 e. The molecule has 80 valence electrons. The summed E-state index contributed by atoms with van der Waals surface area (Å²) in [5, 5.41) is 10.8. The summed E-state index contributed by atoms with van der Waals surface area (Å²) in [6.07, 6.45) is 1.31. The van der Waals surface area contributed by atoms with Gasteiger partial charge in [-0.25, -0.2) is 18.7 Å². The van der Waals surface area contributed by atoms with Gasteiger partial charge >= 0.3 is 0 Å². The molecule has 0 radical (unpaired) electrons. The molecule has 0 spiro atoms. The zero-order valence-corrected chi connectivity index (χ0v) is 7.74. The molecular formula is C8H9F2N5. The fourth-order valence-corrected chi connectivity index (χ4v) is 0.787. The Labute approximate surface area is 84.9 Å². The molecule has 0 atom stereocenters. The zero-order chi connectivity index (χ0) is 11.3. The first kappa shape index (κ1) is 11.3. The Morgan fingerprint density at radius 2 is 2.33 bits per heavy atom. The second-order valence-electron chi connectivity index (χ2n) is 2.79. The molecule has 0 fully saturated rings. The first-order valence-electron chi connectivity index (χ1n) is 4.12. The molecule has 1 aromatic rings. The van der Waals surface area contributed by atoms with Crippen LogP contribution >= 0.6 is 0 Å². The molecule has 1 rings (SSSR count). The third-order valence-corrected chi connectivity index (χ3v) is 1.57. The minimum Gasteiger partial charge on any atom is -0.348 e. The summed E-state index contributed by atoms with van der Waals surface area (Å²) in [6.45, 7) is -1.41. The Balaban J connectivity index is 2.62. The van der Waals surface area contributed by atoms with E-state index in [1.54, 1.807) is 6.07 Å². The number of aromatic nitrogens is 2. The maximum absolute atomic E-state index is 12.7. The molecule has 0 aromatic carbocycles. The van der Waals surface area contributed by atoms with Gasteiger partial charge in [-0.3, -0.25) is 0 Å². The Hall–Kier alpha value is -1.81. The number of hydrogen-bond acceptors (Lipinski definition) is 5. The van der Waals surface area contributed by atoms with Crippen molar-refractivity contribution in [1.82, 2.24) is 9.97 Å². The molecule has 1 aromatic heterocycles. The minimum absolute atomic E-state index is 0.0119.